The van der Waals surface area contributed by atoms with Crippen molar-refractivity contribution in [3.8, 4) is 0 Å². The molecule has 0 bridgehead atoms. The van der Waals surface area contributed by atoms with Gasteiger partial charge in [-0.05, 0) is 74.9 Å². The van der Waals surface area contributed by atoms with Crippen LogP contribution in [0.4, 0.5) is 4.39 Å². The lowest BCUT2D eigenvalue weighted by Crippen LogP contribution is -2.42. The molecule has 2 aromatic rings. The third-order valence-corrected chi connectivity index (χ3v) is 7.05. The van der Waals surface area contributed by atoms with Gasteiger partial charge in [0.15, 0.2) is 0 Å². The van der Waals surface area contributed by atoms with Crippen LogP contribution in [0.1, 0.15) is 60.0 Å². The average Bonchev–Trinajstić information content (AvgIpc) is 3.25. The Morgan fingerprint density at radius 3 is 2.66 bits per heavy atom. The van der Waals surface area contributed by atoms with Crippen LogP contribution < -0.4 is 16.2 Å². The molecule has 1 aliphatic carbocycles. The van der Waals surface area contributed by atoms with E-state index in [9.17, 15) is 14.0 Å². The molecule has 1 aliphatic heterocycles. The molecular weight excluding hydrogens is 429 g/mol. The summed E-state index contributed by atoms with van der Waals surface area (Å²) in [6.45, 7) is 4.67. The van der Waals surface area contributed by atoms with Crippen LogP contribution in [0, 0.1) is 18.7 Å². The molecule has 2 aliphatic rings. The van der Waals surface area contributed by atoms with Crippen molar-refractivity contribution < 1.29 is 9.18 Å². The molecule has 2 N–H and O–H groups in total. The normalized spacial score (nSPS) is 19.9. The highest BCUT2D eigenvalue weighted by atomic mass is 35.5. The van der Waals surface area contributed by atoms with Gasteiger partial charge in [0.2, 0.25) is 0 Å². The highest BCUT2D eigenvalue weighted by Gasteiger charge is 2.38. The summed E-state index contributed by atoms with van der Waals surface area (Å²) in [5.41, 5.74) is 0.894. The second-order valence-corrected chi connectivity index (χ2v) is 9.19. The zero-order valence-corrected chi connectivity index (χ0v) is 19.5. The standard InChI is InChI=1S/C25H32FN3O2.ClH/c1-18-10-14-29(16-19-7-6-13-27-15-19)24(31)22(18)23(30)28-17-25(11-4-5-12-25)20-8-2-3-9-21(20)26;/h2-3,8-10,14,19,27H,4-7,11-13,15-17H2,1H3,(H,28,30);1H. The Morgan fingerprint density at radius 1 is 1.22 bits per heavy atom. The molecule has 5 nitrogen and oxygen atoms in total. The maximum absolute atomic E-state index is 14.6. The minimum atomic E-state index is -0.406. The second kappa shape index (κ2) is 10.6. The van der Waals surface area contributed by atoms with Crippen molar-refractivity contribution in [3.05, 3.63) is 69.4 Å². The fourth-order valence-corrected chi connectivity index (χ4v) is 5.27. The lowest BCUT2D eigenvalue weighted by Gasteiger charge is -2.30. The Bertz CT molecular complexity index is 995. The number of benzene rings is 1. The molecule has 0 spiro atoms. The zero-order valence-electron chi connectivity index (χ0n) is 18.7. The van der Waals surface area contributed by atoms with Crippen molar-refractivity contribution in [2.24, 2.45) is 5.92 Å². The van der Waals surface area contributed by atoms with E-state index in [0.717, 1.165) is 51.6 Å². The van der Waals surface area contributed by atoms with Gasteiger partial charge in [-0.15, -0.1) is 12.4 Å². The van der Waals surface area contributed by atoms with Gasteiger partial charge in [0, 0.05) is 24.7 Å². The summed E-state index contributed by atoms with van der Waals surface area (Å²) in [5, 5.41) is 6.36. The van der Waals surface area contributed by atoms with Crippen molar-refractivity contribution in [3.63, 3.8) is 0 Å². The molecule has 1 unspecified atom stereocenters. The Labute approximate surface area is 195 Å². The van der Waals surface area contributed by atoms with Gasteiger partial charge in [0.1, 0.15) is 11.4 Å². The van der Waals surface area contributed by atoms with Gasteiger partial charge in [-0.25, -0.2) is 4.39 Å². The molecule has 1 amide bonds. The number of carbonyl (C=O) groups is 1. The van der Waals surface area contributed by atoms with E-state index in [1.54, 1.807) is 23.8 Å². The van der Waals surface area contributed by atoms with Crippen LogP contribution in [0.15, 0.2) is 41.3 Å². The Kier molecular flexibility index (Phi) is 8.12. The molecular formula is C25H33ClFN3O2. The number of amides is 1. The number of hydrogen-bond acceptors (Lipinski definition) is 3. The van der Waals surface area contributed by atoms with E-state index < -0.39 is 5.41 Å². The first-order chi connectivity index (χ1) is 15.0. The summed E-state index contributed by atoms with van der Waals surface area (Å²) in [6.07, 6.45) is 7.67. The van der Waals surface area contributed by atoms with Gasteiger partial charge < -0.3 is 15.2 Å². The van der Waals surface area contributed by atoms with E-state index >= 15 is 0 Å². The maximum atomic E-state index is 14.6. The van der Waals surface area contributed by atoms with Crippen LogP contribution in [0.5, 0.6) is 0 Å². The lowest BCUT2D eigenvalue weighted by molar-refractivity contribution is 0.0939. The minimum absolute atomic E-state index is 0. The first-order valence-corrected chi connectivity index (χ1v) is 11.4. The molecule has 32 heavy (non-hydrogen) atoms. The molecule has 1 saturated heterocycles. The molecule has 174 valence electrons. The molecule has 1 aromatic heterocycles. The van der Waals surface area contributed by atoms with Crippen molar-refractivity contribution in [2.45, 2.75) is 57.4 Å². The summed E-state index contributed by atoms with van der Waals surface area (Å²) in [6, 6.07) is 8.69. The van der Waals surface area contributed by atoms with E-state index in [2.05, 4.69) is 10.6 Å². The molecule has 4 rings (SSSR count). The van der Waals surface area contributed by atoms with E-state index in [1.165, 1.54) is 6.07 Å². The Hall–Kier alpha value is -2.18. The fourth-order valence-electron chi connectivity index (χ4n) is 5.27. The van der Waals surface area contributed by atoms with Crippen molar-refractivity contribution in [2.75, 3.05) is 19.6 Å². The fraction of sp³-hybridized carbons (Fsp3) is 0.520. The van der Waals surface area contributed by atoms with Gasteiger partial charge >= 0.3 is 0 Å². The van der Waals surface area contributed by atoms with Gasteiger partial charge in [-0.3, -0.25) is 9.59 Å². The molecule has 2 heterocycles. The third kappa shape index (κ3) is 5.07. The smallest absolute Gasteiger partial charge is 0.263 e. The minimum Gasteiger partial charge on any atom is -0.351 e. The number of nitrogens with one attached hydrogen (secondary N) is 2. The molecule has 1 saturated carbocycles. The predicted octanol–water partition coefficient (Wildman–Crippen LogP) is 3.96. The number of aryl methyl sites for hydroxylation is 1. The van der Waals surface area contributed by atoms with Gasteiger partial charge in [-0.1, -0.05) is 31.0 Å². The number of aromatic nitrogens is 1. The number of carbonyl (C=O) groups excluding carboxylic acids is 1. The second-order valence-electron chi connectivity index (χ2n) is 9.19. The summed E-state index contributed by atoms with van der Waals surface area (Å²) >= 11 is 0. The van der Waals surface area contributed by atoms with E-state index in [4.69, 9.17) is 0 Å². The summed E-state index contributed by atoms with van der Waals surface area (Å²) < 4.78 is 16.2. The Morgan fingerprint density at radius 2 is 1.97 bits per heavy atom. The monoisotopic (exact) mass is 461 g/mol. The third-order valence-electron chi connectivity index (χ3n) is 7.05. The highest BCUT2D eigenvalue weighted by Crippen LogP contribution is 2.41. The predicted molar refractivity (Wildman–Crippen MR) is 127 cm³/mol. The van der Waals surface area contributed by atoms with Crippen LogP contribution in [-0.4, -0.2) is 30.1 Å². The molecule has 7 heteroatoms. The summed E-state index contributed by atoms with van der Waals surface area (Å²) in [5.74, 6) is -0.188. The number of halogens is 2. The number of pyridine rings is 1. The summed E-state index contributed by atoms with van der Waals surface area (Å²) in [4.78, 5) is 26.2. The van der Waals surface area contributed by atoms with Crippen LogP contribution in [0.25, 0.3) is 0 Å². The number of nitrogens with zero attached hydrogens (tertiary/aromatic N) is 1. The molecule has 0 radical (unpaired) electrons. The quantitative estimate of drug-likeness (QED) is 0.684. The van der Waals surface area contributed by atoms with Crippen molar-refractivity contribution in [1.29, 1.82) is 0 Å². The van der Waals surface area contributed by atoms with E-state index in [-0.39, 0.29) is 35.3 Å². The lowest BCUT2D eigenvalue weighted by atomic mass is 9.78. The van der Waals surface area contributed by atoms with Crippen molar-refractivity contribution >= 4 is 18.3 Å². The van der Waals surface area contributed by atoms with Gasteiger partial charge in [0.05, 0.1) is 0 Å². The van der Waals surface area contributed by atoms with Crippen LogP contribution in [0.3, 0.4) is 0 Å². The number of hydrogen-bond donors (Lipinski definition) is 2. The average molecular weight is 462 g/mol. The largest absolute Gasteiger partial charge is 0.351 e. The first-order valence-electron chi connectivity index (χ1n) is 11.4. The van der Waals surface area contributed by atoms with Gasteiger partial charge in [-0.2, -0.15) is 0 Å². The summed E-state index contributed by atoms with van der Waals surface area (Å²) in [7, 11) is 0. The first kappa shape index (κ1) is 24.5. The molecule has 2 fully saturated rings. The number of rotatable bonds is 6. The van der Waals surface area contributed by atoms with E-state index in [1.807, 2.05) is 18.2 Å². The Balaban J connectivity index is 0.00000289. The molecule has 1 atom stereocenters. The zero-order chi connectivity index (χ0) is 21.8. The van der Waals surface area contributed by atoms with Crippen molar-refractivity contribution in [1.82, 2.24) is 15.2 Å². The maximum Gasteiger partial charge on any atom is 0.263 e. The van der Waals surface area contributed by atoms with E-state index in [0.29, 0.717) is 30.1 Å². The van der Waals surface area contributed by atoms with Crippen LogP contribution >= 0.6 is 12.4 Å². The number of piperidine rings is 1. The van der Waals surface area contributed by atoms with Crippen LogP contribution in [0.2, 0.25) is 0 Å². The van der Waals surface area contributed by atoms with Crippen LogP contribution in [-0.2, 0) is 12.0 Å². The van der Waals surface area contributed by atoms with Gasteiger partial charge in [0.25, 0.3) is 11.5 Å². The molecule has 1 aromatic carbocycles. The highest BCUT2D eigenvalue weighted by molar-refractivity contribution is 5.95. The topological polar surface area (TPSA) is 63.1 Å². The SMILES string of the molecule is Cc1ccn(CC2CCCNC2)c(=O)c1C(=O)NCC1(c2ccccc2F)CCCC1.Cl.